The number of carbonyl (C=O) groups is 2. The molecule has 4 nitrogen and oxygen atoms in total. The van der Waals surface area contributed by atoms with Gasteiger partial charge in [0.15, 0.2) is 5.78 Å². The van der Waals surface area contributed by atoms with E-state index in [2.05, 4.69) is 5.32 Å². The van der Waals surface area contributed by atoms with Crippen molar-refractivity contribution in [3.8, 4) is 0 Å². The molecule has 1 fully saturated rings. The van der Waals surface area contributed by atoms with Gasteiger partial charge in [-0.3, -0.25) is 14.5 Å². The number of likely N-dealkylation sites (tertiary alicyclic amines) is 1. The topological polar surface area (TPSA) is 49.4 Å². The molecule has 0 saturated carbocycles. The van der Waals surface area contributed by atoms with Crippen LogP contribution in [0.25, 0.3) is 0 Å². The molecule has 1 spiro atoms. The normalized spacial score (nSPS) is 25.5. The SMILES string of the molecule is CN1C[C@H](c2ccc(F)cc2)[C@H](C(=O)c2cccs2)[C@@]12C(=O)Nc1ccc(Cl)cc12. The van der Waals surface area contributed by atoms with Gasteiger partial charge in [0, 0.05) is 28.7 Å². The number of fused-ring (bicyclic) bond motifs is 2. The molecule has 1 saturated heterocycles. The molecule has 3 heterocycles. The molecular formula is C23H18ClFN2O2S. The van der Waals surface area contributed by atoms with Crippen LogP contribution < -0.4 is 5.32 Å². The van der Waals surface area contributed by atoms with E-state index in [-0.39, 0.29) is 23.4 Å². The van der Waals surface area contributed by atoms with Crippen molar-refractivity contribution >= 4 is 40.3 Å². The molecule has 2 aromatic carbocycles. The van der Waals surface area contributed by atoms with Gasteiger partial charge in [0.05, 0.1) is 10.8 Å². The average molecular weight is 441 g/mol. The third-order valence-corrected chi connectivity index (χ3v) is 7.38. The number of thiophene rings is 1. The molecule has 2 aliphatic rings. The number of nitrogens with one attached hydrogen (secondary N) is 1. The summed E-state index contributed by atoms with van der Waals surface area (Å²) in [5.41, 5.74) is 1.03. The third-order valence-electron chi connectivity index (χ3n) is 6.26. The van der Waals surface area contributed by atoms with Crippen molar-refractivity contribution in [2.45, 2.75) is 11.5 Å². The van der Waals surface area contributed by atoms with Crippen LogP contribution in [0.3, 0.4) is 0 Å². The van der Waals surface area contributed by atoms with E-state index in [0.29, 0.717) is 27.7 Å². The molecule has 0 radical (unpaired) electrons. The predicted octanol–water partition coefficient (Wildman–Crippen LogP) is 4.92. The van der Waals surface area contributed by atoms with Gasteiger partial charge < -0.3 is 5.32 Å². The highest BCUT2D eigenvalue weighted by Gasteiger charge is 2.64. The number of hydrogen-bond donors (Lipinski definition) is 1. The van der Waals surface area contributed by atoms with Crippen molar-refractivity contribution in [3.05, 3.63) is 86.8 Å². The van der Waals surface area contributed by atoms with Gasteiger partial charge in [-0.1, -0.05) is 29.8 Å². The van der Waals surface area contributed by atoms with Crippen LogP contribution in [-0.2, 0) is 10.3 Å². The molecule has 5 rings (SSSR count). The average Bonchev–Trinajstić information content (AvgIpc) is 3.42. The second kappa shape index (κ2) is 7.01. The molecule has 1 amide bonds. The Hall–Kier alpha value is -2.54. The minimum atomic E-state index is -1.18. The molecule has 0 bridgehead atoms. The number of nitrogens with zero attached hydrogens (tertiary/aromatic N) is 1. The second-order valence-corrected chi connectivity index (χ2v) is 9.15. The van der Waals surface area contributed by atoms with Crippen molar-refractivity contribution in [2.24, 2.45) is 5.92 Å². The monoisotopic (exact) mass is 440 g/mol. The second-order valence-electron chi connectivity index (χ2n) is 7.77. The van der Waals surface area contributed by atoms with Crippen LogP contribution in [0.5, 0.6) is 0 Å². The minimum absolute atomic E-state index is 0.0911. The Kier molecular flexibility index (Phi) is 4.54. The summed E-state index contributed by atoms with van der Waals surface area (Å²) in [5.74, 6) is -1.61. The maximum Gasteiger partial charge on any atom is 0.250 e. The lowest BCUT2D eigenvalue weighted by atomic mass is 9.71. The van der Waals surface area contributed by atoms with Crippen LogP contribution >= 0.6 is 22.9 Å². The van der Waals surface area contributed by atoms with Gasteiger partial charge in [0.2, 0.25) is 5.91 Å². The van der Waals surface area contributed by atoms with Gasteiger partial charge in [-0.2, -0.15) is 0 Å². The highest BCUT2D eigenvalue weighted by molar-refractivity contribution is 7.12. The minimum Gasteiger partial charge on any atom is -0.324 e. The van der Waals surface area contributed by atoms with Gasteiger partial charge in [-0.15, -0.1) is 11.3 Å². The largest absolute Gasteiger partial charge is 0.324 e. The Bertz CT molecular complexity index is 1150. The van der Waals surface area contributed by atoms with Gasteiger partial charge >= 0.3 is 0 Å². The molecule has 1 N–H and O–H groups in total. The molecule has 3 atom stereocenters. The number of anilines is 1. The van der Waals surface area contributed by atoms with Crippen molar-refractivity contribution in [1.29, 1.82) is 0 Å². The molecule has 2 aliphatic heterocycles. The smallest absolute Gasteiger partial charge is 0.250 e. The zero-order valence-corrected chi connectivity index (χ0v) is 17.6. The van der Waals surface area contributed by atoms with Gasteiger partial charge in [-0.05, 0) is 54.4 Å². The maximum atomic E-state index is 13.8. The fourth-order valence-corrected chi connectivity index (χ4v) is 5.87. The first kappa shape index (κ1) is 19.4. The number of amides is 1. The summed E-state index contributed by atoms with van der Waals surface area (Å²) >= 11 is 7.66. The number of hydrogen-bond acceptors (Lipinski definition) is 4. The van der Waals surface area contributed by atoms with E-state index in [9.17, 15) is 14.0 Å². The number of likely N-dealkylation sites (N-methyl/N-ethyl adjacent to an activating group) is 1. The molecular weight excluding hydrogens is 423 g/mol. The summed E-state index contributed by atoms with van der Waals surface area (Å²) in [6.45, 7) is 0.479. The number of ketones is 1. The number of benzene rings is 2. The van der Waals surface area contributed by atoms with Crippen LogP contribution in [0.2, 0.25) is 5.02 Å². The summed E-state index contributed by atoms with van der Waals surface area (Å²) in [6, 6.07) is 15.1. The van der Waals surface area contributed by atoms with Crippen LogP contribution in [0, 0.1) is 11.7 Å². The van der Waals surface area contributed by atoms with Crippen molar-refractivity contribution in [1.82, 2.24) is 4.90 Å². The molecule has 152 valence electrons. The van der Waals surface area contributed by atoms with E-state index in [0.717, 1.165) is 5.56 Å². The lowest BCUT2D eigenvalue weighted by molar-refractivity contribution is -0.126. The maximum absolute atomic E-state index is 13.8. The Morgan fingerprint density at radius 3 is 2.70 bits per heavy atom. The number of rotatable bonds is 3. The summed E-state index contributed by atoms with van der Waals surface area (Å²) in [6.07, 6.45) is 0. The van der Waals surface area contributed by atoms with Crippen LogP contribution in [-0.4, -0.2) is 30.2 Å². The van der Waals surface area contributed by atoms with E-state index in [1.165, 1.54) is 23.5 Å². The molecule has 0 unspecified atom stereocenters. The highest BCUT2D eigenvalue weighted by Crippen LogP contribution is 2.56. The van der Waals surface area contributed by atoms with Gasteiger partial charge in [-0.25, -0.2) is 4.39 Å². The van der Waals surface area contributed by atoms with Crippen LogP contribution in [0.1, 0.15) is 26.7 Å². The Labute approximate surface area is 182 Å². The third kappa shape index (κ3) is 2.68. The molecule has 1 aromatic heterocycles. The Morgan fingerprint density at radius 2 is 2.00 bits per heavy atom. The fourth-order valence-electron chi connectivity index (χ4n) is 4.99. The highest BCUT2D eigenvalue weighted by atomic mass is 35.5. The first-order chi connectivity index (χ1) is 14.4. The van der Waals surface area contributed by atoms with Crippen molar-refractivity contribution in [3.63, 3.8) is 0 Å². The zero-order valence-electron chi connectivity index (χ0n) is 16.1. The molecule has 3 aromatic rings. The predicted molar refractivity (Wildman–Crippen MR) is 116 cm³/mol. The van der Waals surface area contributed by atoms with E-state index in [1.807, 2.05) is 23.4 Å². The molecule has 7 heteroatoms. The fraction of sp³-hybridized carbons (Fsp3) is 0.217. The zero-order chi connectivity index (χ0) is 21.0. The van der Waals surface area contributed by atoms with Crippen LogP contribution in [0.15, 0.2) is 60.0 Å². The Morgan fingerprint density at radius 1 is 1.23 bits per heavy atom. The van der Waals surface area contributed by atoms with Gasteiger partial charge in [0.25, 0.3) is 0 Å². The molecule has 30 heavy (non-hydrogen) atoms. The molecule has 0 aliphatic carbocycles. The Balaban J connectivity index is 1.74. The lowest BCUT2D eigenvalue weighted by Crippen LogP contribution is -2.51. The van der Waals surface area contributed by atoms with Gasteiger partial charge in [0.1, 0.15) is 11.4 Å². The van der Waals surface area contributed by atoms with E-state index in [1.54, 1.807) is 36.4 Å². The van der Waals surface area contributed by atoms with E-state index in [4.69, 9.17) is 11.6 Å². The summed E-state index contributed by atoms with van der Waals surface area (Å²) in [5, 5.41) is 5.31. The first-order valence-corrected chi connectivity index (χ1v) is 10.8. The van der Waals surface area contributed by atoms with E-state index < -0.39 is 11.5 Å². The number of Topliss-reactive ketones (excluding diaryl/α,β-unsaturated/α-hetero) is 1. The summed E-state index contributed by atoms with van der Waals surface area (Å²) < 4.78 is 13.6. The summed E-state index contributed by atoms with van der Waals surface area (Å²) in [7, 11) is 1.85. The number of halogens is 2. The van der Waals surface area contributed by atoms with E-state index >= 15 is 0 Å². The number of carbonyl (C=O) groups excluding carboxylic acids is 2. The first-order valence-electron chi connectivity index (χ1n) is 9.59. The summed E-state index contributed by atoms with van der Waals surface area (Å²) in [4.78, 5) is 29.8. The lowest BCUT2D eigenvalue weighted by Gasteiger charge is -2.35. The van der Waals surface area contributed by atoms with Crippen molar-refractivity contribution < 1.29 is 14.0 Å². The van der Waals surface area contributed by atoms with Crippen LogP contribution in [0.4, 0.5) is 10.1 Å². The van der Waals surface area contributed by atoms with Crippen molar-refractivity contribution in [2.75, 3.05) is 18.9 Å². The quantitative estimate of drug-likeness (QED) is 0.588. The standard InChI is InChI=1S/C23H18ClFN2O2S/c1-27-12-16(13-4-7-15(25)8-5-13)20(21(28)19-3-2-10-30-19)23(27)17-11-14(24)6-9-18(17)26-22(23)29/h2-11,16,20H,12H2,1H3,(H,26,29)/t16-,20-,23+/m1/s1.